The normalized spacial score (nSPS) is 11.0. The standard InChI is InChI=1S/C26H27N3O/c1-17-10-11-18(2)28(17)25-15-23(21(5)22-8-7-9-24(14-22)30-6)16-26(27-25)29-19(3)12-13-20(29)4/h7-16H,5H2,1-4,6H3. The van der Waals surface area contributed by atoms with E-state index in [0.29, 0.717) is 0 Å². The number of hydrogen-bond donors (Lipinski definition) is 0. The average Bonchev–Trinajstić information content (AvgIpc) is 3.27. The second-order valence-corrected chi connectivity index (χ2v) is 7.69. The summed E-state index contributed by atoms with van der Waals surface area (Å²) in [7, 11) is 1.68. The first-order valence-corrected chi connectivity index (χ1v) is 10.1. The molecule has 0 aliphatic rings. The van der Waals surface area contributed by atoms with Crippen LogP contribution in [0.15, 0.2) is 67.2 Å². The Hall–Kier alpha value is -3.53. The van der Waals surface area contributed by atoms with Gasteiger partial charge in [0.25, 0.3) is 0 Å². The van der Waals surface area contributed by atoms with Crippen molar-refractivity contribution in [3.63, 3.8) is 0 Å². The summed E-state index contributed by atoms with van der Waals surface area (Å²) in [5.74, 6) is 2.59. The molecule has 4 nitrogen and oxygen atoms in total. The fraction of sp³-hybridized carbons (Fsp3) is 0.192. The van der Waals surface area contributed by atoms with Crippen LogP contribution in [0.3, 0.4) is 0 Å². The third-order valence-electron chi connectivity index (χ3n) is 5.57. The van der Waals surface area contributed by atoms with Gasteiger partial charge in [-0.2, -0.15) is 0 Å². The van der Waals surface area contributed by atoms with Crippen LogP contribution in [-0.2, 0) is 0 Å². The second kappa shape index (κ2) is 7.71. The molecule has 4 heteroatoms. The maximum Gasteiger partial charge on any atom is 0.140 e. The fourth-order valence-electron chi connectivity index (χ4n) is 3.94. The van der Waals surface area contributed by atoms with Gasteiger partial charge in [-0.3, -0.25) is 0 Å². The zero-order valence-electron chi connectivity index (χ0n) is 18.2. The molecule has 0 saturated heterocycles. The first kappa shape index (κ1) is 19.8. The number of pyridine rings is 1. The fourth-order valence-corrected chi connectivity index (χ4v) is 3.94. The van der Waals surface area contributed by atoms with E-state index in [-0.39, 0.29) is 0 Å². The van der Waals surface area contributed by atoms with Crippen molar-refractivity contribution in [2.24, 2.45) is 0 Å². The number of rotatable bonds is 5. The van der Waals surface area contributed by atoms with Crippen LogP contribution in [0.25, 0.3) is 17.2 Å². The van der Waals surface area contributed by atoms with Gasteiger partial charge in [-0.05, 0) is 92.9 Å². The zero-order valence-corrected chi connectivity index (χ0v) is 18.2. The highest BCUT2D eigenvalue weighted by atomic mass is 16.5. The topological polar surface area (TPSA) is 32.0 Å². The average molecular weight is 398 g/mol. The van der Waals surface area contributed by atoms with E-state index < -0.39 is 0 Å². The van der Waals surface area contributed by atoms with Crippen molar-refractivity contribution in [1.29, 1.82) is 0 Å². The Balaban J connectivity index is 1.93. The summed E-state index contributed by atoms with van der Waals surface area (Å²) in [5, 5.41) is 0. The molecule has 0 amide bonds. The third kappa shape index (κ3) is 3.45. The predicted molar refractivity (Wildman–Crippen MR) is 123 cm³/mol. The highest BCUT2D eigenvalue weighted by Gasteiger charge is 2.14. The van der Waals surface area contributed by atoms with Crippen LogP contribution >= 0.6 is 0 Å². The minimum absolute atomic E-state index is 0.817. The van der Waals surface area contributed by atoms with Crippen molar-refractivity contribution in [1.82, 2.24) is 14.1 Å². The van der Waals surface area contributed by atoms with Gasteiger partial charge in [-0.25, -0.2) is 4.98 Å². The molecule has 3 aromatic heterocycles. The molecule has 0 radical (unpaired) electrons. The van der Waals surface area contributed by atoms with Crippen LogP contribution in [0.2, 0.25) is 0 Å². The number of aromatic nitrogens is 3. The van der Waals surface area contributed by atoms with Gasteiger partial charge in [-0.1, -0.05) is 18.7 Å². The van der Waals surface area contributed by atoms with Crippen molar-refractivity contribution in [2.75, 3.05) is 7.11 Å². The molecule has 1 aromatic carbocycles. The van der Waals surface area contributed by atoms with E-state index in [2.05, 4.69) is 85.9 Å². The molecule has 0 unspecified atom stereocenters. The summed E-state index contributed by atoms with van der Waals surface area (Å²) < 4.78 is 9.77. The minimum atomic E-state index is 0.817. The minimum Gasteiger partial charge on any atom is -0.497 e. The van der Waals surface area contributed by atoms with Crippen molar-refractivity contribution < 1.29 is 4.74 Å². The molecular formula is C26H27N3O. The lowest BCUT2D eigenvalue weighted by Crippen LogP contribution is -2.08. The molecule has 0 atom stereocenters. The molecular weight excluding hydrogens is 370 g/mol. The van der Waals surface area contributed by atoms with Crippen molar-refractivity contribution in [3.05, 3.63) is 101 Å². The molecule has 4 aromatic rings. The van der Waals surface area contributed by atoms with Gasteiger partial charge in [0.1, 0.15) is 17.4 Å². The predicted octanol–water partition coefficient (Wildman–Crippen LogP) is 5.97. The molecule has 4 rings (SSSR count). The number of hydrogen-bond acceptors (Lipinski definition) is 2. The smallest absolute Gasteiger partial charge is 0.140 e. The van der Waals surface area contributed by atoms with E-state index >= 15 is 0 Å². The first-order valence-electron chi connectivity index (χ1n) is 10.1. The Morgan fingerprint density at radius 1 is 0.733 bits per heavy atom. The third-order valence-corrected chi connectivity index (χ3v) is 5.57. The van der Waals surface area contributed by atoms with Gasteiger partial charge < -0.3 is 13.9 Å². The lowest BCUT2D eigenvalue weighted by molar-refractivity contribution is 0.414. The Kier molecular flexibility index (Phi) is 5.08. The Labute approximate surface area is 178 Å². The molecule has 0 spiro atoms. The van der Waals surface area contributed by atoms with Gasteiger partial charge in [0.2, 0.25) is 0 Å². The van der Waals surface area contributed by atoms with Crippen LogP contribution in [0.5, 0.6) is 5.75 Å². The van der Waals surface area contributed by atoms with Crippen LogP contribution in [0.4, 0.5) is 0 Å². The quantitative estimate of drug-likeness (QED) is 0.416. The van der Waals surface area contributed by atoms with Crippen LogP contribution in [0, 0.1) is 27.7 Å². The van der Waals surface area contributed by atoms with E-state index in [1.165, 1.54) is 0 Å². The molecule has 3 heterocycles. The highest BCUT2D eigenvalue weighted by Crippen LogP contribution is 2.29. The zero-order chi connectivity index (χ0) is 21.4. The molecule has 30 heavy (non-hydrogen) atoms. The maximum absolute atomic E-state index is 5.41. The highest BCUT2D eigenvalue weighted by molar-refractivity contribution is 5.80. The first-order chi connectivity index (χ1) is 14.4. The maximum atomic E-state index is 5.41. The van der Waals surface area contributed by atoms with Crippen LogP contribution < -0.4 is 4.74 Å². The molecule has 0 aliphatic heterocycles. The second-order valence-electron chi connectivity index (χ2n) is 7.69. The lowest BCUT2D eigenvalue weighted by atomic mass is 10.00. The lowest BCUT2D eigenvalue weighted by Gasteiger charge is -2.17. The van der Waals surface area contributed by atoms with Gasteiger partial charge in [-0.15, -0.1) is 0 Å². The van der Waals surface area contributed by atoms with Crippen molar-refractivity contribution in [2.45, 2.75) is 27.7 Å². The summed E-state index contributed by atoms with van der Waals surface area (Å²) in [5.41, 5.74) is 7.59. The summed E-state index contributed by atoms with van der Waals surface area (Å²) >= 11 is 0. The van der Waals surface area contributed by atoms with Gasteiger partial charge in [0.15, 0.2) is 0 Å². The largest absolute Gasteiger partial charge is 0.497 e. The van der Waals surface area contributed by atoms with Crippen LogP contribution in [0.1, 0.15) is 33.9 Å². The number of methoxy groups -OCH3 is 1. The van der Waals surface area contributed by atoms with E-state index in [4.69, 9.17) is 9.72 Å². The van der Waals surface area contributed by atoms with E-state index in [1.807, 2.05) is 18.2 Å². The number of ether oxygens (including phenoxy) is 1. The summed E-state index contributed by atoms with van der Waals surface area (Å²) in [6.45, 7) is 12.8. The SMILES string of the molecule is C=C(c1cccc(OC)c1)c1cc(-n2c(C)ccc2C)nc(-n2c(C)ccc2C)c1. The Bertz CT molecular complexity index is 1140. The molecule has 0 fully saturated rings. The van der Waals surface area contributed by atoms with Gasteiger partial charge in [0, 0.05) is 22.8 Å². The van der Waals surface area contributed by atoms with E-state index in [0.717, 1.165) is 56.9 Å². The Morgan fingerprint density at radius 3 is 1.70 bits per heavy atom. The molecule has 0 N–H and O–H groups in total. The molecule has 152 valence electrons. The van der Waals surface area contributed by atoms with E-state index in [1.54, 1.807) is 7.11 Å². The Morgan fingerprint density at radius 2 is 1.23 bits per heavy atom. The van der Waals surface area contributed by atoms with Gasteiger partial charge in [0.05, 0.1) is 7.11 Å². The van der Waals surface area contributed by atoms with Gasteiger partial charge >= 0.3 is 0 Å². The van der Waals surface area contributed by atoms with Crippen molar-refractivity contribution in [3.8, 4) is 17.4 Å². The molecule has 0 bridgehead atoms. The summed E-state index contributed by atoms with van der Waals surface area (Å²) in [4.78, 5) is 5.03. The summed E-state index contributed by atoms with van der Waals surface area (Å²) in [6.07, 6.45) is 0. The number of nitrogens with zero attached hydrogens (tertiary/aromatic N) is 3. The molecule has 0 aliphatic carbocycles. The van der Waals surface area contributed by atoms with E-state index in [9.17, 15) is 0 Å². The van der Waals surface area contributed by atoms with Crippen LogP contribution in [-0.4, -0.2) is 21.2 Å². The monoisotopic (exact) mass is 397 g/mol. The molecule has 0 saturated carbocycles. The number of benzene rings is 1. The van der Waals surface area contributed by atoms with Crippen molar-refractivity contribution >= 4 is 5.57 Å². The summed E-state index contributed by atoms with van der Waals surface area (Å²) in [6, 6.07) is 20.7. The number of aryl methyl sites for hydroxylation is 4.